The molecular formula is C20H24N2O2. The molecule has 0 unspecified atom stereocenters. The van der Waals surface area contributed by atoms with Crippen molar-refractivity contribution >= 4 is 12.1 Å². The zero-order valence-electron chi connectivity index (χ0n) is 14.7. The maximum absolute atomic E-state index is 12.0. The average molecular weight is 324 g/mol. The van der Waals surface area contributed by atoms with Crippen LogP contribution < -0.4 is 10.2 Å². The average Bonchev–Trinajstić information content (AvgIpc) is 2.55. The van der Waals surface area contributed by atoms with Gasteiger partial charge in [-0.15, -0.1) is 0 Å². The van der Waals surface area contributed by atoms with Gasteiger partial charge in [-0.25, -0.2) is 5.43 Å². The molecule has 0 fully saturated rings. The van der Waals surface area contributed by atoms with Crippen molar-refractivity contribution in [3.63, 3.8) is 0 Å². The maximum atomic E-state index is 12.0. The summed E-state index contributed by atoms with van der Waals surface area (Å²) in [6.07, 6.45) is 1.88. The van der Waals surface area contributed by atoms with E-state index < -0.39 is 0 Å². The highest BCUT2D eigenvalue weighted by Gasteiger charge is 2.13. The van der Waals surface area contributed by atoms with Gasteiger partial charge in [0.2, 0.25) is 5.91 Å². The molecule has 0 spiro atoms. The number of hydrogen-bond acceptors (Lipinski definition) is 3. The van der Waals surface area contributed by atoms with Crippen molar-refractivity contribution in [2.24, 2.45) is 5.10 Å². The standard InChI is InChI=1S/C20H24N2O2/c1-20(2,3)17-11-9-15(10-12-17)13-19(23)22-21-14-16-7-5-6-8-18(16)24-4/h5-12,14H,13H2,1-4H3,(H,22,23)/b21-14-. The van der Waals surface area contributed by atoms with Gasteiger partial charge in [-0.05, 0) is 28.7 Å². The quantitative estimate of drug-likeness (QED) is 0.674. The minimum Gasteiger partial charge on any atom is -0.496 e. The van der Waals surface area contributed by atoms with Gasteiger partial charge in [0.25, 0.3) is 0 Å². The summed E-state index contributed by atoms with van der Waals surface area (Å²) in [5, 5.41) is 4.00. The van der Waals surface area contributed by atoms with Crippen LogP contribution >= 0.6 is 0 Å². The number of amides is 1. The lowest BCUT2D eigenvalue weighted by molar-refractivity contribution is -0.120. The van der Waals surface area contributed by atoms with Gasteiger partial charge in [-0.3, -0.25) is 4.79 Å². The van der Waals surface area contributed by atoms with E-state index in [4.69, 9.17) is 4.74 Å². The van der Waals surface area contributed by atoms with Crippen molar-refractivity contribution in [1.29, 1.82) is 0 Å². The highest BCUT2D eigenvalue weighted by molar-refractivity contribution is 5.85. The van der Waals surface area contributed by atoms with Crippen LogP contribution in [0.5, 0.6) is 5.75 Å². The topological polar surface area (TPSA) is 50.7 Å². The zero-order valence-corrected chi connectivity index (χ0v) is 14.7. The van der Waals surface area contributed by atoms with Crippen LogP contribution in [0.4, 0.5) is 0 Å². The fourth-order valence-corrected chi connectivity index (χ4v) is 2.29. The van der Waals surface area contributed by atoms with E-state index in [1.165, 1.54) is 5.56 Å². The van der Waals surface area contributed by atoms with E-state index in [1.54, 1.807) is 13.3 Å². The third-order valence-corrected chi connectivity index (χ3v) is 3.72. The normalized spacial score (nSPS) is 11.5. The highest BCUT2D eigenvalue weighted by Crippen LogP contribution is 2.22. The summed E-state index contributed by atoms with van der Waals surface area (Å²) in [4.78, 5) is 12.0. The minimum absolute atomic E-state index is 0.111. The number of nitrogens with one attached hydrogen (secondary N) is 1. The first-order valence-electron chi connectivity index (χ1n) is 7.94. The van der Waals surface area contributed by atoms with Crippen molar-refractivity contribution in [1.82, 2.24) is 5.43 Å². The van der Waals surface area contributed by atoms with Gasteiger partial charge >= 0.3 is 0 Å². The Morgan fingerprint density at radius 2 is 1.79 bits per heavy atom. The number of ether oxygens (including phenoxy) is 1. The lowest BCUT2D eigenvalue weighted by atomic mass is 9.86. The van der Waals surface area contributed by atoms with Gasteiger partial charge in [-0.2, -0.15) is 5.10 Å². The monoisotopic (exact) mass is 324 g/mol. The van der Waals surface area contributed by atoms with Crippen LogP contribution in [0.2, 0.25) is 0 Å². The number of benzene rings is 2. The predicted octanol–water partition coefficient (Wildman–Crippen LogP) is 3.69. The molecule has 0 bridgehead atoms. The summed E-state index contributed by atoms with van der Waals surface area (Å²) in [5.41, 5.74) is 5.69. The molecule has 0 atom stereocenters. The fourth-order valence-electron chi connectivity index (χ4n) is 2.29. The molecule has 1 amide bonds. The Morgan fingerprint density at radius 1 is 1.12 bits per heavy atom. The zero-order chi connectivity index (χ0) is 17.6. The number of hydrazone groups is 1. The van der Waals surface area contributed by atoms with Gasteiger partial charge in [0.05, 0.1) is 19.7 Å². The van der Waals surface area contributed by atoms with Crippen LogP contribution in [0.1, 0.15) is 37.5 Å². The van der Waals surface area contributed by atoms with Crippen LogP contribution in [0.15, 0.2) is 53.6 Å². The first-order chi connectivity index (χ1) is 11.4. The lowest BCUT2D eigenvalue weighted by Gasteiger charge is -2.19. The summed E-state index contributed by atoms with van der Waals surface area (Å²) in [6.45, 7) is 6.50. The SMILES string of the molecule is COc1ccccc1/C=N\NC(=O)Cc1ccc(C(C)(C)C)cc1. The molecule has 2 aromatic carbocycles. The van der Waals surface area contributed by atoms with E-state index >= 15 is 0 Å². The molecule has 0 aromatic heterocycles. The Bertz CT molecular complexity index is 713. The third kappa shape index (κ3) is 4.95. The van der Waals surface area contributed by atoms with E-state index in [0.29, 0.717) is 12.2 Å². The molecule has 0 aliphatic heterocycles. The summed E-state index contributed by atoms with van der Waals surface area (Å²) in [6, 6.07) is 15.6. The molecule has 0 saturated heterocycles. The lowest BCUT2D eigenvalue weighted by Crippen LogP contribution is -2.20. The van der Waals surface area contributed by atoms with Gasteiger partial charge in [0.1, 0.15) is 5.75 Å². The molecular weight excluding hydrogens is 300 g/mol. The molecule has 0 saturated carbocycles. The predicted molar refractivity (Wildman–Crippen MR) is 97.6 cm³/mol. The number of methoxy groups -OCH3 is 1. The van der Waals surface area contributed by atoms with Gasteiger partial charge in [0, 0.05) is 5.56 Å². The number of carbonyl (C=O) groups is 1. The Morgan fingerprint density at radius 3 is 2.42 bits per heavy atom. The van der Waals surface area contributed by atoms with Crippen LogP contribution in [0.25, 0.3) is 0 Å². The maximum Gasteiger partial charge on any atom is 0.244 e. The molecule has 0 radical (unpaired) electrons. The summed E-state index contributed by atoms with van der Waals surface area (Å²) in [5.74, 6) is 0.568. The minimum atomic E-state index is -0.148. The number of nitrogens with zero attached hydrogens (tertiary/aromatic N) is 1. The van der Waals surface area contributed by atoms with E-state index in [0.717, 1.165) is 11.1 Å². The molecule has 4 nitrogen and oxygen atoms in total. The Balaban J connectivity index is 1.92. The summed E-state index contributed by atoms with van der Waals surface area (Å²) in [7, 11) is 1.60. The molecule has 0 heterocycles. The van der Waals surface area contributed by atoms with Crippen molar-refractivity contribution in [2.75, 3.05) is 7.11 Å². The molecule has 2 rings (SSSR count). The third-order valence-electron chi connectivity index (χ3n) is 3.72. The van der Waals surface area contributed by atoms with Gasteiger partial charge in [-0.1, -0.05) is 57.2 Å². The second kappa shape index (κ2) is 7.77. The fraction of sp³-hybridized carbons (Fsp3) is 0.300. The Kier molecular flexibility index (Phi) is 5.74. The molecule has 2 aromatic rings. The second-order valence-electron chi connectivity index (χ2n) is 6.66. The van der Waals surface area contributed by atoms with E-state index in [2.05, 4.69) is 43.4 Å². The first-order valence-corrected chi connectivity index (χ1v) is 7.94. The first kappa shape index (κ1) is 17.7. The molecule has 0 aliphatic rings. The van der Waals surface area contributed by atoms with E-state index in [-0.39, 0.29) is 11.3 Å². The van der Waals surface area contributed by atoms with E-state index in [9.17, 15) is 4.79 Å². The van der Waals surface area contributed by atoms with Gasteiger partial charge in [0.15, 0.2) is 0 Å². The van der Waals surface area contributed by atoms with Crippen LogP contribution in [0, 0.1) is 0 Å². The molecule has 126 valence electrons. The molecule has 0 aliphatic carbocycles. The van der Waals surface area contributed by atoms with Crippen LogP contribution in [-0.2, 0) is 16.6 Å². The van der Waals surface area contributed by atoms with Gasteiger partial charge < -0.3 is 4.74 Å². The second-order valence-corrected chi connectivity index (χ2v) is 6.66. The van der Waals surface area contributed by atoms with Crippen molar-refractivity contribution in [2.45, 2.75) is 32.6 Å². The van der Waals surface area contributed by atoms with Crippen molar-refractivity contribution < 1.29 is 9.53 Å². The summed E-state index contributed by atoms with van der Waals surface area (Å²) >= 11 is 0. The molecule has 24 heavy (non-hydrogen) atoms. The van der Waals surface area contributed by atoms with Crippen LogP contribution in [-0.4, -0.2) is 19.2 Å². The molecule has 4 heteroatoms. The largest absolute Gasteiger partial charge is 0.496 e. The van der Waals surface area contributed by atoms with Crippen molar-refractivity contribution in [3.05, 3.63) is 65.2 Å². The highest BCUT2D eigenvalue weighted by atomic mass is 16.5. The Labute approximate surface area is 143 Å². The van der Waals surface area contributed by atoms with Crippen LogP contribution in [0.3, 0.4) is 0 Å². The molecule has 1 N–H and O–H groups in total. The van der Waals surface area contributed by atoms with E-state index in [1.807, 2.05) is 36.4 Å². The summed E-state index contributed by atoms with van der Waals surface area (Å²) < 4.78 is 5.23. The van der Waals surface area contributed by atoms with Crippen molar-refractivity contribution in [3.8, 4) is 5.75 Å². The smallest absolute Gasteiger partial charge is 0.244 e. The number of carbonyl (C=O) groups excluding carboxylic acids is 1. The number of para-hydroxylation sites is 1. The number of hydrogen-bond donors (Lipinski definition) is 1. The Hall–Kier alpha value is -2.62. The number of rotatable bonds is 5.